The van der Waals surface area contributed by atoms with Crippen molar-refractivity contribution >= 4 is 11.9 Å². The molecule has 0 spiro atoms. The van der Waals surface area contributed by atoms with E-state index < -0.39 is 11.9 Å². The van der Waals surface area contributed by atoms with Crippen molar-refractivity contribution in [3.8, 4) is 0 Å². The molecule has 0 saturated carbocycles. The van der Waals surface area contributed by atoms with Gasteiger partial charge in [-0.3, -0.25) is 0 Å². The smallest absolute Gasteiger partial charge is 0.345 e. The number of hydrogen-bond acceptors (Lipinski definition) is 4. The van der Waals surface area contributed by atoms with Gasteiger partial charge in [-0.15, -0.1) is 0 Å². The van der Waals surface area contributed by atoms with Crippen molar-refractivity contribution in [2.75, 3.05) is 0 Å². The van der Waals surface area contributed by atoms with Crippen LogP contribution in [0.1, 0.15) is 38.8 Å². The van der Waals surface area contributed by atoms with Crippen LogP contribution in [0.3, 0.4) is 0 Å². The molecule has 4 nitrogen and oxygen atoms in total. The molecule has 4 heteroatoms. The summed E-state index contributed by atoms with van der Waals surface area (Å²) in [7, 11) is 0. The van der Waals surface area contributed by atoms with Crippen molar-refractivity contribution in [1.29, 1.82) is 0 Å². The van der Waals surface area contributed by atoms with Crippen molar-refractivity contribution in [2.24, 2.45) is 0 Å². The summed E-state index contributed by atoms with van der Waals surface area (Å²) in [6.45, 7) is 7.05. The fourth-order valence-corrected chi connectivity index (χ4v) is 2.52. The Hall–Kier alpha value is -2.10. The molecule has 1 aliphatic carbocycles. The molecule has 0 fully saturated rings. The average Bonchev–Trinajstić information content (AvgIpc) is 2.79. The highest BCUT2D eigenvalue weighted by Gasteiger charge is 2.30. The summed E-state index contributed by atoms with van der Waals surface area (Å²) in [5.74, 6) is -1.19. The van der Waals surface area contributed by atoms with Crippen LogP contribution in [-0.2, 0) is 31.9 Å². The third kappa shape index (κ3) is 3.75. The summed E-state index contributed by atoms with van der Waals surface area (Å²) in [6, 6.07) is 7.95. The minimum atomic E-state index is -0.594. The number of allylic oxidation sites excluding steroid dienone is 1. The van der Waals surface area contributed by atoms with Crippen LogP contribution in [-0.4, -0.2) is 24.1 Å². The standard InChI is InChI=1S/C18H22O4/c1-11(2)21-17(19)16(18(20)22-12(3)4)15-9-13-7-5-6-8-14(13)10-15/h5-8,11-12H,9-10H2,1-4H3. The quantitative estimate of drug-likeness (QED) is 0.371. The summed E-state index contributed by atoms with van der Waals surface area (Å²) in [4.78, 5) is 24.7. The Labute approximate surface area is 131 Å². The Morgan fingerprint density at radius 3 is 1.64 bits per heavy atom. The topological polar surface area (TPSA) is 52.6 Å². The minimum Gasteiger partial charge on any atom is -0.459 e. The molecule has 0 saturated heterocycles. The van der Waals surface area contributed by atoms with E-state index in [0.29, 0.717) is 12.8 Å². The van der Waals surface area contributed by atoms with Gasteiger partial charge in [-0.05, 0) is 57.2 Å². The van der Waals surface area contributed by atoms with Gasteiger partial charge in [0.1, 0.15) is 5.57 Å². The van der Waals surface area contributed by atoms with E-state index in [1.807, 2.05) is 24.3 Å². The molecule has 2 rings (SSSR count). The first-order valence-corrected chi connectivity index (χ1v) is 7.59. The van der Waals surface area contributed by atoms with Gasteiger partial charge in [0.05, 0.1) is 12.2 Å². The van der Waals surface area contributed by atoms with Crippen LogP contribution in [0, 0.1) is 0 Å². The molecule has 0 atom stereocenters. The average molecular weight is 302 g/mol. The molecule has 0 amide bonds. The van der Waals surface area contributed by atoms with E-state index >= 15 is 0 Å². The van der Waals surface area contributed by atoms with Crippen LogP contribution in [0.15, 0.2) is 35.4 Å². The zero-order valence-corrected chi connectivity index (χ0v) is 13.5. The minimum absolute atomic E-state index is 0.0543. The molecule has 0 aromatic heterocycles. The van der Waals surface area contributed by atoms with Crippen LogP contribution in [0.2, 0.25) is 0 Å². The first-order valence-electron chi connectivity index (χ1n) is 7.59. The van der Waals surface area contributed by atoms with Gasteiger partial charge in [0, 0.05) is 0 Å². The second-order valence-corrected chi connectivity index (χ2v) is 6.01. The molecule has 0 unspecified atom stereocenters. The lowest BCUT2D eigenvalue weighted by Gasteiger charge is -2.14. The summed E-state index contributed by atoms with van der Waals surface area (Å²) in [5, 5.41) is 0. The molecule has 118 valence electrons. The molecular formula is C18H22O4. The Kier molecular flexibility index (Phi) is 5.01. The third-order valence-corrected chi connectivity index (χ3v) is 3.37. The summed E-state index contributed by atoms with van der Waals surface area (Å²) >= 11 is 0. The lowest BCUT2D eigenvalue weighted by Crippen LogP contribution is -2.25. The molecule has 0 bridgehead atoms. The molecule has 0 heterocycles. The molecule has 0 aliphatic heterocycles. The highest BCUT2D eigenvalue weighted by molar-refractivity contribution is 6.15. The van der Waals surface area contributed by atoms with Gasteiger partial charge in [-0.2, -0.15) is 0 Å². The number of hydrogen-bond donors (Lipinski definition) is 0. The van der Waals surface area contributed by atoms with Crippen LogP contribution in [0.25, 0.3) is 0 Å². The Morgan fingerprint density at radius 2 is 1.27 bits per heavy atom. The van der Waals surface area contributed by atoms with Crippen molar-refractivity contribution in [1.82, 2.24) is 0 Å². The van der Waals surface area contributed by atoms with Gasteiger partial charge < -0.3 is 9.47 Å². The Bertz CT molecular complexity index is 560. The predicted octanol–water partition coefficient (Wildman–Crippen LogP) is 2.99. The monoisotopic (exact) mass is 302 g/mol. The van der Waals surface area contributed by atoms with Gasteiger partial charge in [-0.1, -0.05) is 24.3 Å². The van der Waals surface area contributed by atoms with Crippen LogP contribution >= 0.6 is 0 Å². The first kappa shape index (κ1) is 16.3. The van der Waals surface area contributed by atoms with E-state index in [4.69, 9.17) is 9.47 Å². The molecule has 22 heavy (non-hydrogen) atoms. The van der Waals surface area contributed by atoms with Crippen LogP contribution < -0.4 is 0 Å². The maximum Gasteiger partial charge on any atom is 0.345 e. The molecule has 1 aromatic carbocycles. The lowest BCUT2D eigenvalue weighted by molar-refractivity contribution is -0.151. The van der Waals surface area contributed by atoms with Gasteiger partial charge in [0.15, 0.2) is 0 Å². The molecule has 0 N–H and O–H groups in total. The summed E-state index contributed by atoms with van der Waals surface area (Å²) < 4.78 is 10.5. The zero-order chi connectivity index (χ0) is 16.3. The first-order chi connectivity index (χ1) is 10.4. The second-order valence-electron chi connectivity index (χ2n) is 6.01. The van der Waals surface area contributed by atoms with E-state index in [1.165, 1.54) is 0 Å². The van der Waals surface area contributed by atoms with Gasteiger partial charge in [-0.25, -0.2) is 9.59 Å². The van der Waals surface area contributed by atoms with Gasteiger partial charge >= 0.3 is 11.9 Å². The summed E-state index contributed by atoms with van der Waals surface area (Å²) in [6.07, 6.45) is 0.620. The molecule has 1 aliphatic rings. The van der Waals surface area contributed by atoms with E-state index in [9.17, 15) is 9.59 Å². The van der Waals surface area contributed by atoms with E-state index in [1.54, 1.807) is 27.7 Å². The van der Waals surface area contributed by atoms with Gasteiger partial charge in [0.25, 0.3) is 0 Å². The number of ether oxygens (including phenoxy) is 2. The third-order valence-electron chi connectivity index (χ3n) is 3.37. The number of carbonyl (C=O) groups is 2. The van der Waals surface area contributed by atoms with Crippen LogP contribution in [0.5, 0.6) is 0 Å². The highest BCUT2D eigenvalue weighted by atomic mass is 16.6. The van der Waals surface area contributed by atoms with Crippen molar-refractivity contribution < 1.29 is 19.1 Å². The summed E-state index contributed by atoms with van der Waals surface area (Å²) in [5.41, 5.74) is 3.12. The number of benzene rings is 1. The lowest BCUT2D eigenvalue weighted by atomic mass is 10.1. The number of fused-ring (bicyclic) bond motifs is 1. The Morgan fingerprint density at radius 1 is 0.864 bits per heavy atom. The van der Waals surface area contributed by atoms with E-state index in [2.05, 4.69) is 0 Å². The van der Waals surface area contributed by atoms with Crippen LogP contribution in [0.4, 0.5) is 0 Å². The zero-order valence-electron chi connectivity index (χ0n) is 13.5. The largest absolute Gasteiger partial charge is 0.459 e. The normalized spacial score (nSPS) is 13.3. The maximum absolute atomic E-state index is 12.3. The Balaban J connectivity index is 2.35. The fraction of sp³-hybridized carbons (Fsp3) is 0.444. The van der Waals surface area contributed by atoms with E-state index in [-0.39, 0.29) is 17.8 Å². The fourth-order valence-electron chi connectivity index (χ4n) is 2.52. The van der Waals surface area contributed by atoms with E-state index in [0.717, 1.165) is 16.7 Å². The van der Waals surface area contributed by atoms with Crippen molar-refractivity contribution in [3.05, 3.63) is 46.5 Å². The molecular weight excluding hydrogens is 280 g/mol. The SMILES string of the molecule is CC(C)OC(=O)C(C(=O)OC(C)C)=C1Cc2ccccc2C1. The molecule has 1 aromatic rings. The number of carbonyl (C=O) groups excluding carboxylic acids is 2. The van der Waals surface area contributed by atoms with Crippen molar-refractivity contribution in [3.63, 3.8) is 0 Å². The number of rotatable bonds is 4. The highest BCUT2D eigenvalue weighted by Crippen LogP contribution is 2.29. The van der Waals surface area contributed by atoms with Crippen molar-refractivity contribution in [2.45, 2.75) is 52.7 Å². The molecule has 0 radical (unpaired) electrons. The maximum atomic E-state index is 12.3. The van der Waals surface area contributed by atoms with Gasteiger partial charge in [0.2, 0.25) is 0 Å². The number of esters is 2. The predicted molar refractivity (Wildman–Crippen MR) is 83.3 cm³/mol. The second kappa shape index (κ2) is 6.77.